The van der Waals surface area contributed by atoms with Crippen LogP contribution < -0.4 is 5.32 Å². The average Bonchev–Trinajstić information content (AvgIpc) is 2.58. The van der Waals surface area contributed by atoms with Crippen molar-refractivity contribution in [1.29, 1.82) is 0 Å². The highest BCUT2D eigenvalue weighted by molar-refractivity contribution is 6.42. The van der Waals surface area contributed by atoms with E-state index in [0.29, 0.717) is 16.1 Å². The molecule has 1 saturated heterocycles. The van der Waals surface area contributed by atoms with Gasteiger partial charge >= 0.3 is 0 Å². The van der Waals surface area contributed by atoms with Crippen molar-refractivity contribution in [3.8, 4) is 0 Å². The minimum Gasteiger partial charge on any atom is -0.310 e. The Kier molecular flexibility index (Phi) is 5.96. The maximum Gasteiger partial charge on any atom is 0.0595 e. The van der Waals surface area contributed by atoms with Crippen molar-refractivity contribution in [1.82, 2.24) is 10.2 Å². The smallest absolute Gasteiger partial charge is 0.0595 e. The van der Waals surface area contributed by atoms with Crippen LogP contribution in [0.3, 0.4) is 0 Å². The zero-order valence-electron chi connectivity index (χ0n) is 13.1. The summed E-state index contributed by atoms with van der Waals surface area (Å²) in [5.74, 6) is 0. The van der Waals surface area contributed by atoms with Gasteiger partial charge in [-0.3, -0.25) is 4.90 Å². The fourth-order valence-corrected chi connectivity index (χ4v) is 3.37. The van der Waals surface area contributed by atoms with Crippen LogP contribution in [-0.2, 0) is 13.1 Å². The Labute approximate surface area is 148 Å². The minimum atomic E-state index is 0.611. The van der Waals surface area contributed by atoms with Gasteiger partial charge in [0.25, 0.3) is 0 Å². The van der Waals surface area contributed by atoms with E-state index in [9.17, 15) is 0 Å². The summed E-state index contributed by atoms with van der Waals surface area (Å²) >= 11 is 12.1. The normalized spacial score (nSPS) is 16.6. The Morgan fingerprint density at radius 3 is 2.35 bits per heavy atom. The molecule has 1 aliphatic heterocycles. The molecule has 1 aliphatic rings. The van der Waals surface area contributed by atoms with E-state index in [0.717, 1.165) is 26.2 Å². The number of rotatable bonds is 5. The zero-order valence-corrected chi connectivity index (χ0v) is 14.7. The van der Waals surface area contributed by atoms with E-state index >= 15 is 0 Å². The molecule has 0 saturated carbocycles. The third kappa shape index (κ3) is 4.95. The largest absolute Gasteiger partial charge is 0.310 e. The van der Waals surface area contributed by atoms with Crippen molar-refractivity contribution >= 4 is 23.2 Å². The number of hydrogen-bond donors (Lipinski definition) is 1. The van der Waals surface area contributed by atoms with Crippen LogP contribution in [0.15, 0.2) is 48.5 Å². The second kappa shape index (κ2) is 8.16. The standard InChI is InChI=1S/C19H22Cl2N2/c20-18-7-6-16(12-19(18)21)14-23-10-8-17(9-11-23)22-13-15-4-2-1-3-5-15/h1-7,12,17,22H,8-11,13-14H2. The van der Waals surface area contributed by atoms with Crippen molar-refractivity contribution < 1.29 is 0 Å². The number of hydrogen-bond acceptors (Lipinski definition) is 2. The van der Waals surface area contributed by atoms with Crippen LogP contribution in [0.25, 0.3) is 0 Å². The molecule has 23 heavy (non-hydrogen) atoms. The van der Waals surface area contributed by atoms with E-state index in [1.807, 2.05) is 12.1 Å². The molecule has 0 radical (unpaired) electrons. The van der Waals surface area contributed by atoms with Gasteiger partial charge in [-0.1, -0.05) is 59.6 Å². The Bertz CT molecular complexity index is 623. The molecule has 0 atom stereocenters. The van der Waals surface area contributed by atoms with Gasteiger partial charge in [-0.25, -0.2) is 0 Å². The van der Waals surface area contributed by atoms with Crippen molar-refractivity contribution in [2.45, 2.75) is 32.0 Å². The first-order valence-electron chi connectivity index (χ1n) is 8.14. The number of nitrogens with one attached hydrogen (secondary N) is 1. The maximum atomic E-state index is 6.09. The predicted molar refractivity (Wildman–Crippen MR) is 98.0 cm³/mol. The monoisotopic (exact) mass is 348 g/mol. The SMILES string of the molecule is Clc1ccc(CN2CCC(NCc3ccccc3)CC2)cc1Cl. The van der Waals surface area contributed by atoms with Crippen molar-refractivity contribution in [2.75, 3.05) is 13.1 Å². The molecule has 0 aliphatic carbocycles. The summed E-state index contributed by atoms with van der Waals surface area (Å²) in [6.07, 6.45) is 2.38. The van der Waals surface area contributed by atoms with Gasteiger partial charge in [0.2, 0.25) is 0 Å². The molecule has 0 amide bonds. The average molecular weight is 349 g/mol. The summed E-state index contributed by atoms with van der Waals surface area (Å²) in [5, 5.41) is 4.94. The van der Waals surface area contributed by atoms with Crippen LogP contribution >= 0.6 is 23.2 Å². The molecule has 1 heterocycles. The van der Waals surface area contributed by atoms with Crippen LogP contribution in [-0.4, -0.2) is 24.0 Å². The molecule has 0 bridgehead atoms. The molecule has 0 unspecified atom stereocenters. The molecular formula is C19H22Cl2N2. The third-order valence-corrected chi connectivity index (χ3v) is 5.15. The van der Waals surface area contributed by atoms with Gasteiger partial charge in [-0.15, -0.1) is 0 Å². The molecule has 0 spiro atoms. The second-order valence-electron chi connectivity index (χ2n) is 6.17. The fourth-order valence-electron chi connectivity index (χ4n) is 3.05. The summed E-state index contributed by atoms with van der Waals surface area (Å²) in [7, 11) is 0. The number of halogens is 2. The molecule has 122 valence electrons. The molecular weight excluding hydrogens is 327 g/mol. The second-order valence-corrected chi connectivity index (χ2v) is 6.98. The summed E-state index contributed by atoms with van der Waals surface area (Å²) in [5.41, 5.74) is 2.58. The van der Waals surface area contributed by atoms with Gasteiger partial charge in [-0.05, 0) is 49.2 Å². The first-order chi connectivity index (χ1) is 11.2. The molecule has 4 heteroatoms. The molecule has 2 aromatic carbocycles. The lowest BCUT2D eigenvalue weighted by molar-refractivity contribution is 0.190. The molecule has 1 N–H and O–H groups in total. The van der Waals surface area contributed by atoms with Gasteiger partial charge in [0.15, 0.2) is 0 Å². The Balaban J connectivity index is 1.44. The number of likely N-dealkylation sites (tertiary alicyclic amines) is 1. The highest BCUT2D eigenvalue weighted by atomic mass is 35.5. The van der Waals surface area contributed by atoms with Crippen molar-refractivity contribution in [2.24, 2.45) is 0 Å². The van der Waals surface area contributed by atoms with Crippen LogP contribution in [0.5, 0.6) is 0 Å². The molecule has 2 nitrogen and oxygen atoms in total. The quantitative estimate of drug-likeness (QED) is 0.838. The predicted octanol–water partition coefficient (Wildman–Crippen LogP) is 4.75. The van der Waals surface area contributed by atoms with Crippen LogP contribution in [0.1, 0.15) is 24.0 Å². The number of piperidine rings is 1. The van der Waals surface area contributed by atoms with Gasteiger partial charge in [0.1, 0.15) is 0 Å². The number of nitrogens with zero attached hydrogens (tertiary/aromatic N) is 1. The van der Waals surface area contributed by atoms with Crippen molar-refractivity contribution in [3.63, 3.8) is 0 Å². The van der Waals surface area contributed by atoms with E-state index in [4.69, 9.17) is 23.2 Å². The highest BCUT2D eigenvalue weighted by Crippen LogP contribution is 2.24. The Morgan fingerprint density at radius 1 is 0.913 bits per heavy atom. The third-order valence-electron chi connectivity index (χ3n) is 4.42. The Morgan fingerprint density at radius 2 is 1.65 bits per heavy atom. The minimum absolute atomic E-state index is 0.611. The van der Waals surface area contributed by atoms with Gasteiger partial charge < -0.3 is 5.32 Å². The van der Waals surface area contributed by atoms with Gasteiger partial charge in [-0.2, -0.15) is 0 Å². The summed E-state index contributed by atoms with van der Waals surface area (Å²) in [6, 6.07) is 17.1. The lowest BCUT2D eigenvalue weighted by Gasteiger charge is -2.32. The molecule has 2 aromatic rings. The van der Waals surface area contributed by atoms with Gasteiger partial charge in [0, 0.05) is 19.1 Å². The van der Waals surface area contributed by atoms with E-state index in [-0.39, 0.29) is 0 Å². The molecule has 0 aromatic heterocycles. The maximum absolute atomic E-state index is 6.09. The fraction of sp³-hybridized carbons (Fsp3) is 0.368. The van der Waals surface area contributed by atoms with Crippen LogP contribution in [0.4, 0.5) is 0 Å². The van der Waals surface area contributed by atoms with Crippen molar-refractivity contribution in [3.05, 3.63) is 69.7 Å². The zero-order chi connectivity index (χ0) is 16.1. The van der Waals surface area contributed by atoms with E-state index in [2.05, 4.69) is 46.6 Å². The summed E-state index contributed by atoms with van der Waals surface area (Å²) < 4.78 is 0. The lowest BCUT2D eigenvalue weighted by atomic mass is 10.0. The van der Waals surface area contributed by atoms with E-state index in [1.165, 1.54) is 24.0 Å². The topological polar surface area (TPSA) is 15.3 Å². The summed E-state index contributed by atoms with van der Waals surface area (Å²) in [4.78, 5) is 2.49. The van der Waals surface area contributed by atoms with Crippen LogP contribution in [0, 0.1) is 0 Å². The highest BCUT2D eigenvalue weighted by Gasteiger charge is 2.18. The first-order valence-corrected chi connectivity index (χ1v) is 8.90. The molecule has 1 fully saturated rings. The Hall–Kier alpha value is -1.06. The molecule has 3 rings (SSSR count). The first kappa shape index (κ1) is 16.8. The number of benzene rings is 2. The van der Waals surface area contributed by atoms with E-state index < -0.39 is 0 Å². The lowest BCUT2D eigenvalue weighted by Crippen LogP contribution is -2.41. The van der Waals surface area contributed by atoms with Gasteiger partial charge in [0.05, 0.1) is 10.0 Å². The van der Waals surface area contributed by atoms with Crippen LogP contribution in [0.2, 0.25) is 10.0 Å². The summed E-state index contributed by atoms with van der Waals surface area (Å²) in [6.45, 7) is 4.14. The van der Waals surface area contributed by atoms with E-state index in [1.54, 1.807) is 0 Å².